The second-order valence-electron chi connectivity index (χ2n) is 7.95. The zero-order valence-electron chi connectivity index (χ0n) is 19.1. The number of amides is 1. The number of aryl methyl sites for hydroxylation is 1. The Hall–Kier alpha value is -3.78. The van der Waals surface area contributed by atoms with Crippen molar-refractivity contribution in [2.24, 2.45) is 10.1 Å². The van der Waals surface area contributed by atoms with Gasteiger partial charge in [0.15, 0.2) is 11.3 Å². The zero-order chi connectivity index (χ0) is 23.7. The fourth-order valence-electron chi connectivity index (χ4n) is 3.96. The maximum atomic E-state index is 13.3. The lowest BCUT2D eigenvalue weighted by atomic mass is 10.1. The number of hydrogen-bond acceptors (Lipinski definition) is 7. The summed E-state index contributed by atoms with van der Waals surface area (Å²) in [5.41, 5.74) is 3.62. The standard InChI is InChI=1S/C26H24N4O3S/c1-16-8-10-17(11-9-16)15-34-26-28-25(31)23-19-6-4-5-7-21(19)27-24(30(23)29-26)20-13-12-18(32-2)14-22(20)33-3/h4-14,24H,15H2,1-3H3,(H,28,29,31)/t24-/m0/s1. The second kappa shape index (κ2) is 9.23. The SMILES string of the molecule is COc1ccc([C@H]2N=c3ccccc3=C3C(=O)NC(SCc4ccc(C)cc4)=NN32)c(OC)c1. The summed E-state index contributed by atoms with van der Waals surface area (Å²) in [6.45, 7) is 2.06. The van der Waals surface area contributed by atoms with Crippen LogP contribution in [0.4, 0.5) is 0 Å². The van der Waals surface area contributed by atoms with Crippen LogP contribution in [0.1, 0.15) is 22.9 Å². The molecule has 0 fully saturated rings. The zero-order valence-corrected chi connectivity index (χ0v) is 19.9. The molecular formula is C26H24N4O3S. The van der Waals surface area contributed by atoms with Crippen LogP contribution in [0.3, 0.4) is 0 Å². The van der Waals surface area contributed by atoms with Crippen molar-refractivity contribution in [2.45, 2.75) is 18.8 Å². The maximum Gasteiger partial charge on any atom is 0.276 e. The monoisotopic (exact) mass is 472 g/mol. The Kier molecular flexibility index (Phi) is 5.98. The lowest BCUT2D eigenvalue weighted by Crippen LogP contribution is -2.50. The van der Waals surface area contributed by atoms with E-state index < -0.39 is 6.17 Å². The van der Waals surface area contributed by atoms with Gasteiger partial charge in [-0.2, -0.15) is 0 Å². The summed E-state index contributed by atoms with van der Waals surface area (Å²) in [5, 5.41) is 11.5. The number of hydrogen-bond donors (Lipinski definition) is 1. The molecular weight excluding hydrogens is 448 g/mol. The first kappa shape index (κ1) is 22.0. The van der Waals surface area contributed by atoms with Crippen molar-refractivity contribution in [1.29, 1.82) is 0 Å². The van der Waals surface area contributed by atoms with Gasteiger partial charge in [-0.05, 0) is 30.7 Å². The molecule has 0 aromatic heterocycles. The van der Waals surface area contributed by atoms with Crippen molar-refractivity contribution in [3.63, 3.8) is 0 Å². The first-order chi connectivity index (χ1) is 16.6. The van der Waals surface area contributed by atoms with Gasteiger partial charge in [-0.15, -0.1) is 5.10 Å². The number of amidine groups is 1. The number of thioether (sulfide) groups is 1. The van der Waals surface area contributed by atoms with Crippen LogP contribution in [0.25, 0.3) is 5.70 Å². The number of benzene rings is 3. The highest BCUT2D eigenvalue weighted by Gasteiger charge is 2.35. The summed E-state index contributed by atoms with van der Waals surface area (Å²) in [6, 6.07) is 21.5. The van der Waals surface area contributed by atoms with E-state index in [-0.39, 0.29) is 5.91 Å². The van der Waals surface area contributed by atoms with Crippen molar-refractivity contribution in [1.82, 2.24) is 10.3 Å². The van der Waals surface area contributed by atoms with Crippen molar-refractivity contribution in [2.75, 3.05) is 14.2 Å². The van der Waals surface area contributed by atoms with Gasteiger partial charge in [0.25, 0.3) is 5.91 Å². The molecule has 2 aliphatic rings. The number of ether oxygens (including phenoxy) is 2. The van der Waals surface area contributed by atoms with Gasteiger partial charge in [-0.1, -0.05) is 59.8 Å². The molecule has 3 aromatic rings. The molecule has 0 radical (unpaired) electrons. The number of para-hydroxylation sites is 1. The average Bonchev–Trinajstić information content (AvgIpc) is 2.87. The molecule has 1 atom stereocenters. The van der Waals surface area contributed by atoms with Crippen LogP contribution in [-0.4, -0.2) is 30.3 Å². The van der Waals surface area contributed by atoms with E-state index in [1.54, 1.807) is 19.2 Å². The van der Waals surface area contributed by atoms with Crippen molar-refractivity contribution < 1.29 is 14.3 Å². The number of nitrogens with one attached hydrogen (secondary N) is 1. The van der Waals surface area contributed by atoms with Gasteiger partial charge in [0.2, 0.25) is 0 Å². The molecule has 1 N–H and O–H groups in total. The van der Waals surface area contributed by atoms with Gasteiger partial charge in [-0.3, -0.25) is 15.1 Å². The highest BCUT2D eigenvalue weighted by Crippen LogP contribution is 2.37. The Labute approximate surface area is 201 Å². The summed E-state index contributed by atoms with van der Waals surface area (Å²) in [5.74, 6) is 1.77. The summed E-state index contributed by atoms with van der Waals surface area (Å²) in [4.78, 5) is 18.3. The number of methoxy groups -OCH3 is 2. The molecule has 0 aliphatic carbocycles. The van der Waals surface area contributed by atoms with Gasteiger partial charge in [-0.25, -0.2) is 5.01 Å². The van der Waals surface area contributed by atoms with Gasteiger partial charge < -0.3 is 9.47 Å². The van der Waals surface area contributed by atoms with Crippen LogP contribution in [-0.2, 0) is 10.5 Å². The Morgan fingerprint density at radius 2 is 1.82 bits per heavy atom. The number of hydrazone groups is 1. The first-order valence-corrected chi connectivity index (χ1v) is 11.8. The van der Waals surface area contributed by atoms with E-state index in [0.29, 0.717) is 28.1 Å². The Balaban J connectivity index is 1.58. The van der Waals surface area contributed by atoms with Crippen molar-refractivity contribution in [3.05, 3.63) is 94.0 Å². The minimum Gasteiger partial charge on any atom is -0.497 e. The van der Waals surface area contributed by atoms with Crippen LogP contribution in [0, 0.1) is 6.92 Å². The van der Waals surface area contributed by atoms with Crippen LogP contribution in [0.2, 0.25) is 0 Å². The summed E-state index contributed by atoms with van der Waals surface area (Å²) in [6.07, 6.45) is -0.563. The first-order valence-electron chi connectivity index (χ1n) is 10.8. The molecule has 0 saturated heterocycles. The van der Waals surface area contributed by atoms with E-state index in [4.69, 9.17) is 19.6 Å². The summed E-state index contributed by atoms with van der Waals surface area (Å²) >= 11 is 1.48. The molecule has 0 spiro atoms. The lowest BCUT2D eigenvalue weighted by molar-refractivity contribution is -0.116. The van der Waals surface area contributed by atoms with E-state index in [9.17, 15) is 4.79 Å². The molecule has 1 amide bonds. The second-order valence-corrected chi connectivity index (χ2v) is 8.92. The lowest BCUT2D eigenvalue weighted by Gasteiger charge is -2.34. The van der Waals surface area contributed by atoms with Crippen molar-refractivity contribution >= 4 is 28.5 Å². The number of fused-ring (bicyclic) bond motifs is 2. The van der Waals surface area contributed by atoms with Crippen LogP contribution in [0.5, 0.6) is 11.5 Å². The number of nitrogens with zero attached hydrogens (tertiary/aromatic N) is 3. The molecule has 3 aromatic carbocycles. The molecule has 2 aliphatic heterocycles. The average molecular weight is 473 g/mol. The Bertz CT molecular complexity index is 1400. The Morgan fingerprint density at radius 3 is 2.59 bits per heavy atom. The van der Waals surface area contributed by atoms with Crippen LogP contribution in [0.15, 0.2) is 76.8 Å². The molecule has 0 saturated carbocycles. The fraction of sp³-hybridized carbons (Fsp3) is 0.192. The summed E-state index contributed by atoms with van der Waals surface area (Å²) < 4.78 is 11.0. The van der Waals surface area contributed by atoms with E-state index >= 15 is 0 Å². The van der Waals surface area contributed by atoms with Gasteiger partial charge in [0, 0.05) is 22.6 Å². The third-order valence-electron chi connectivity index (χ3n) is 5.73. The predicted octanol–water partition coefficient (Wildman–Crippen LogP) is 3.09. The quantitative estimate of drug-likeness (QED) is 0.618. The molecule has 172 valence electrons. The highest BCUT2D eigenvalue weighted by atomic mass is 32.2. The predicted molar refractivity (Wildman–Crippen MR) is 133 cm³/mol. The molecule has 8 heteroatoms. The molecule has 7 nitrogen and oxygen atoms in total. The van der Waals surface area contributed by atoms with Gasteiger partial charge in [0.05, 0.1) is 19.6 Å². The van der Waals surface area contributed by atoms with Crippen molar-refractivity contribution in [3.8, 4) is 11.5 Å². The Morgan fingerprint density at radius 1 is 1.03 bits per heavy atom. The highest BCUT2D eigenvalue weighted by molar-refractivity contribution is 8.13. The van der Waals surface area contributed by atoms with E-state index in [0.717, 1.165) is 21.7 Å². The third kappa shape index (κ3) is 4.12. The normalized spacial score (nSPS) is 16.6. The van der Waals surface area contributed by atoms with Gasteiger partial charge in [0.1, 0.15) is 17.2 Å². The minimum atomic E-state index is -0.563. The van der Waals surface area contributed by atoms with E-state index in [1.807, 2.05) is 42.5 Å². The number of rotatable bonds is 5. The largest absolute Gasteiger partial charge is 0.497 e. The third-order valence-corrected chi connectivity index (χ3v) is 6.67. The maximum absolute atomic E-state index is 13.3. The number of carbonyl (C=O) groups excluding carboxylic acids is 1. The molecule has 0 unspecified atom stereocenters. The van der Waals surface area contributed by atoms with Crippen LogP contribution < -0.4 is 25.4 Å². The van der Waals surface area contributed by atoms with Crippen LogP contribution >= 0.6 is 11.8 Å². The van der Waals surface area contributed by atoms with E-state index in [1.165, 1.54) is 17.3 Å². The van der Waals surface area contributed by atoms with E-state index in [2.05, 4.69) is 36.5 Å². The fourth-order valence-corrected chi connectivity index (χ4v) is 4.77. The molecule has 5 rings (SSSR count). The molecule has 34 heavy (non-hydrogen) atoms. The summed E-state index contributed by atoms with van der Waals surface area (Å²) in [7, 11) is 3.22. The topological polar surface area (TPSA) is 75.5 Å². The molecule has 0 bridgehead atoms. The van der Waals surface area contributed by atoms with Gasteiger partial charge >= 0.3 is 0 Å². The minimum absolute atomic E-state index is 0.207. The molecule has 2 heterocycles. The number of carbonyl (C=O) groups is 1. The smallest absolute Gasteiger partial charge is 0.276 e.